The van der Waals surface area contributed by atoms with Crippen molar-refractivity contribution >= 4 is 0 Å². The van der Waals surface area contributed by atoms with E-state index in [2.05, 4.69) is 12.1 Å². The summed E-state index contributed by atoms with van der Waals surface area (Å²) in [5.74, 6) is 1.85. The molecule has 3 nitrogen and oxygen atoms in total. The highest BCUT2D eigenvalue weighted by molar-refractivity contribution is 5.38. The summed E-state index contributed by atoms with van der Waals surface area (Å²) in [7, 11) is 0. The number of para-hydroxylation sites is 1. The molecule has 3 heteroatoms. The molecule has 0 saturated heterocycles. The summed E-state index contributed by atoms with van der Waals surface area (Å²) in [6.07, 6.45) is 3.92. The van der Waals surface area contributed by atoms with Crippen LogP contribution in [-0.4, -0.2) is 18.8 Å². The number of rotatable bonds is 2. The molecule has 2 atom stereocenters. The fourth-order valence-electron chi connectivity index (χ4n) is 2.26. The van der Waals surface area contributed by atoms with Crippen LogP contribution in [0.15, 0.2) is 36.1 Å². The molecule has 0 aliphatic carbocycles. The Morgan fingerprint density at radius 3 is 2.94 bits per heavy atom. The van der Waals surface area contributed by atoms with E-state index in [1.165, 1.54) is 5.56 Å². The van der Waals surface area contributed by atoms with Crippen molar-refractivity contribution in [3.05, 3.63) is 41.7 Å². The summed E-state index contributed by atoms with van der Waals surface area (Å²) >= 11 is 0. The topological polar surface area (TPSA) is 44.5 Å². The highest BCUT2D eigenvalue weighted by Gasteiger charge is 2.31. The Bertz CT molecular complexity index is 403. The molecular weight excluding hydrogens is 202 g/mol. The first-order valence-electron chi connectivity index (χ1n) is 5.67. The van der Waals surface area contributed by atoms with Crippen LogP contribution in [0, 0.1) is 0 Å². The second-order valence-corrected chi connectivity index (χ2v) is 4.24. The first-order valence-corrected chi connectivity index (χ1v) is 5.67. The van der Waals surface area contributed by atoms with E-state index in [1.807, 2.05) is 18.2 Å². The zero-order valence-corrected chi connectivity index (χ0v) is 9.06. The molecular formula is C13H15NO2. The molecule has 84 valence electrons. The molecule has 0 radical (unpaired) electrons. The molecule has 0 spiro atoms. The standard InChI is InChI=1S/C13H15NO2/c14-13(11-6-3-7-15-11)12-8-9-4-1-2-5-10(9)16-12/h1-2,4-6,12-13H,3,7-8,14H2. The third-order valence-electron chi connectivity index (χ3n) is 3.13. The predicted octanol–water partition coefficient (Wildman–Crippen LogP) is 1.62. The Morgan fingerprint density at radius 1 is 1.31 bits per heavy atom. The Balaban J connectivity index is 1.75. The van der Waals surface area contributed by atoms with Crippen molar-refractivity contribution in [2.24, 2.45) is 5.73 Å². The number of ether oxygens (including phenoxy) is 2. The largest absolute Gasteiger partial charge is 0.496 e. The predicted molar refractivity (Wildman–Crippen MR) is 61.2 cm³/mol. The van der Waals surface area contributed by atoms with Crippen molar-refractivity contribution in [1.82, 2.24) is 0 Å². The van der Waals surface area contributed by atoms with Crippen molar-refractivity contribution in [2.45, 2.75) is 25.0 Å². The fourth-order valence-corrected chi connectivity index (χ4v) is 2.26. The van der Waals surface area contributed by atoms with Gasteiger partial charge < -0.3 is 15.2 Å². The van der Waals surface area contributed by atoms with E-state index in [9.17, 15) is 0 Å². The molecule has 2 unspecified atom stereocenters. The van der Waals surface area contributed by atoms with Crippen LogP contribution in [0.4, 0.5) is 0 Å². The van der Waals surface area contributed by atoms with E-state index in [0.29, 0.717) is 0 Å². The van der Waals surface area contributed by atoms with Gasteiger partial charge in [-0.25, -0.2) is 0 Å². The summed E-state index contributed by atoms with van der Waals surface area (Å²) in [5.41, 5.74) is 7.38. The average molecular weight is 217 g/mol. The van der Waals surface area contributed by atoms with E-state index in [-0.39, 0.29) is 12.1 Å². The van der Waals surface area contributed by atoms with Gasteiger partial charge in [-0.05, 0) is 17.7 Å². The van der Waals surface area contributed by atoms with E-state index in [0.717, 1.165) is 31.0 Å². The lowest BCUT2D eigenvalue weighted by molar-refractivity contribution is 0.156. The van der Waals surface area contributed by atoms with Gasteiger partial charge in [0, 0.05) is 12.8 Å². The molecule has 3 rings (SSSR count). The number of benzene rings is 1. The van der Waals surface area contributed by atoms with Gasteiger partial charge in [-0.3, -0.25) is 0 Å². The number of nitrogens with two attached hydrogens (primary N) is 1. The fraction of sp³-hybridized carbons (Fsp3) is 0.385. The van der Waals surface area contributed by atoms with Gasteiger partial charge in [0.15, 0.2) is 0 Å². The normalized spacial score (nSPS) is 24.3. The number of hydrogen-bond acceptors (Lipinski definition) is 3. The smallest absolute Gasteiger partial charge is 0.125 e. The molecule has 0 bridgehead atoms. The zero-order chi connectivity index (χ0) is 11.0. The van der Waals surface area contributed by atoms with Crippen LogP contribution in [0.5, 0.6) is 5.75 Å². The minimum atomic E-state index is -0.144. The Hall–Kier alpha value is -1.48. The second kappa shape index (κ2) is 3.83. The summed E-state index contributed by atoms with van der Waals surface area (Å²) in [6, 6.07) is 7.95. The van der Waals surface area contributed by atoms with E-state index < -0.39 is 0 Å². The Kier molecular flexibility index (Phi) is 2.33. The van der Waals surface area contributed by atoms with Gasteiger partial charge in [0.2, 0.25) is 0 Å². The molecule has 1 aromatic carbocycles. The zero-order valence-electron chi connectivity index (χ0n) is 9.06. The number of fused-ring (bicyclic) bond motifs is 1. The van der Waals surface area contributed by atoms with Crippen LogP contribution in [-0.2, 0) is 11.2 Å². The van der Waals surface area contributed by atoms with Crippen molar-refractivity contribution in [1.29, 1.82) is 0 Å². The lowest BCUT2D eigenvalue weighted by atomic mass is 10.0. The highest BCUT2D eigenvalue weighted by Crippen LogP contribution is 2.31. The minimum Gasteiger partial charge on any atom is -0.496 e. The first-order chi connectivity index (χ1) is 7.84. The van der Waals surface area contributed by atoms with Crippen molar-refractivity contribution < 1.29 is 9.47 Å². The van der Waals surface area contributed by atoms with Gasteiger partial charge in [0.25, 0.3) is 0 Å². The van der Waals surface area contributed by atoms with Gasteiger partial charge in [-0.15, -0.1) is 0 Å². The van der Waals surface area contributed by atoms with Crippen molar-refractivity contribution in [2.75, 3.05) is 6.61 Å². The molecule has 2 N–H and O–H groups in total. The molecule has 2 aliphatic heterocycles. The van der Waals surface area contributed by atoms with Gasteiger partial charge in [-0.1, -0.05) is 18.2 Å². The van der Waals surface area contributed by atoms with Crippen LogP contribution in [0.3, 0.4) is 0 Å². The summed E-state index contributed by atoms with van der Waals surface area (Å²) < 4.78 is 11.3. The lowest BCUT2D eigenvalue weighted by Gasteiger charge is -2.19. The maximum Gasteiger partial charge on any atom is 0.125 e. The summed E-state index contributed by atoms with van der Waals surface area (Å²) in [4.78, 5) is 0. The molecule has 0 saturated carbocycles. The maximum atomic E-state index is 6.15. The van der Waals surface area contributed by atoms with Gasteiger partial charge in [0.05, 0.1) is 12.6 Å². The van der Waals surface area contributed by atoms with Crippen molar-refractivity contribution in [3.8, 4) is 5.75 Å². The lowest BCUT2D eigenvalue weighted by Crippen LogP contribution is -2.39. The quantitative estimate of drug-likeness (QED) is 0.818. The molecule has 0 fully saturated rings. The highest BCUT2D eigenvalue weighted by atomic mass is 16.5. The molecule has 0 amide bonds. The third-order valence-corrected chi connectivity index (χ3v) is 3.13. The van der Waals surface area contributed by atoms with Crippen molar-refractivity contribution in [3.63, 3.8) is 0 Å². The van der Waals surface area contributed by atoms with Crippen LogP contribution in [0.2, 0.25) is 0 Å². The van der Waals surface area contributed by atoms with Crippen LogP contribution >= 0.6 is 0 Å². The SMILES string of the molecule is NC(C1=CCCO1)C1Cc2ccccc2O1. The molecule has 2 heterocycles. The van der Waals surface area contributed by atoms with Gasteiger partial charge >= 0.3 is 0 Å². The van der Waals surface area contributed by atoms with E-state index in [1.54, 1.807) is 0 Å². The van der Waals surface area contributed by atoms with E-state index in [4.69, 9.17) is 15.2 Å². The van der Waals surface area contributed by atoms with Gasteiger partial charge in [0.1, 0.15) is 17.6 Å². The monoisotopic (exact) mass is 217 g/mol. The molecule has 0 aromatic heterocycles. The van der Waals surface area contributed by atoms with Gasteiger partial charge in [-0.2, -0.15) is 0 Å². The number of hydrogen-bond donors (Lipinski definition) is 1. The first kappa shape index (κ1) is 9.73. The summed E-state index contributed by atoms with van der Waals surface area (Å²) in [5, 5.41) is 0. The summed E-state index contributed by atoms with van der Waals surface area (Å²) in [6.45, 7) is 0.753. The van der Waals surface area contributed by atoms with Crippen LogP contribution in [0.25, 0.3) is 0 Å². The van der Waals surface area contributed by atoms with Crippen LogP contribution in [0.1, 0.15) is 12.0 Å². The second-order valence-electron chi connectivity index (χ2n) is 4.24. The molecule has 1 aromatic rings. The third kappa shape index (κ3) is 1.57. The van der Waals surface area contributed by atoms with E-state index >= 15 is 0 Å². The Labute approximate surface area is 94.9 Å². The molecule has 16 heavy (non-hydrogen) atoms. The maximum absolute atomic E-state index is 6.15. The molecule has 2 aliphatic rings. The average Bonchev–Trinajstić information content (AvgIpc) is 2.97. The Morgan fingerprint density at radius 2 is 2.19 bits per heavy atom. The van der Waals surface area contributed by atoms with Crippen LogP contribution < -0.4 is 10.5 Å². The minimum absolute atomic E-state index is 0.0155.